The van der Waals surface area contributed by atoms with Gasteiger partial charge in [-0.25, -0.2) is 14.8 Å². The fraction of sp³-hybridized carbons (Fsp3) is 0.462. The Balaban J connectivity index is 2.08. The number of carboxylic acid groups (broad SMARTS) is 1. The van der Waals surface area contributed by atoms with Gasteiger partial charge in [0.2, 0.25) is 5.95 Å². The maximum Gasteiger partial charge on any atom is 0.328 e. The maximum atomic E-state index is 10.4. The molecular formula is C13H18N4O2. The third kappa shape index (κ3) is 3.51. The molecule has 1 unspecified atom stereocenters. The molecule has 1 fully saturated rings. The smallest absolute Gasteiger partial charge is 0.328 e. The number of aliphatic carboxylic acids is 1. The summed E-state index contributed by atoms with van der Waals surface area (Å²) in [4.78, 5) is 23.5. The fourth-order valence-electron chi connectivity index (χ4n) is 2.17. The summed E-state index contributed by atoms with van der Waals surface area (Å²) in [5, 5.41) is 8.55. The monoisotopic (exact) mass is 262 g/mol. The van der Waals surface area contributed by atoms with Gasteiger partial charge in [-0.3, -0.25) is 0 Å². The number of hydrogen-bond acceptors (Lipinski definition) is 5. The van der Waals surface area contributed by atoms with Gasteiger partial charge in [0.05, 0.1) is 0 Å². The highest BCUT2D eigenvalue weighted by molar-refractivity contribution is 5.85. The van der Waals surface area contributed by atoms with Crippen LogP contribution in [0.3, 0.4) is 0 Å². The minimum atomic E-state index is -0.975. The molecule has 0 aromatic carbocycles. The van der Waals surface area contributed by atoms with Crippen molar-refractivity contribution in [2.24, 2.45) is 0 Å². The van der Waals surface area contributed by atoms with Crippen LogP contribution >= 0.6 is 0 Å². The number of anilines is 1. The molecule has 19 heavy (non-hydrogen) atoms. The molecular weight excluding hydrogens is 244 g/mol. The average molecular weight is 262 g/mol. The summed E-state index contributed by atoms with van der Waals surface area (Å²) < 4.78 is 0. The summed E-state index contributed by atoms with van der Waals surface area (Å²) in [6.45, 7) is 5.04. The minimum absolute atomic E-state index is 0.374. The van der Waals surface area contributed by atoms with E-state index < -0.39 is 5.97 Å². The lowest BCUT2D eigenvalue weighted by Gasteiger charge is -2.38. The van der Waals surface area contributed by atoms with E-state index in [0.29, 0.717) is 17.6 Å². The van der Waals surface area contributed by atoms with Gasteiger partial charge in [-0.2, -0.15) is 0 Å². The predicted octanol–water partition coefficient (Wildman–Crippen LogP) is 0.715. The van der Waals surface area contributed by atoms with Crippen molar-refractivity contribution in [3.8, 4) is 0 Å². The van der Waals surface area contributed by atoms with Crippen LogP contribution in [0.25, 0.3) is 6.08 Å². The highest BCUT2D eigenvalue weighted by atomic mass is 16.4. The first-order chi connectivity index (χ1) is 9.06. The zero-order chi connectivity index (χ0) is 13.8. The summed E-state index contributed by atoms with van der Waals surface area (Å²) in [6, 6.07) is 0.374. The molecule has 0 spiro atoms. The van der Waals surface area contributed by atoms with Crippen LogP contribution in [-0.2, 0) is 4.79 Å². The second kappa shape index (κ2) is 5.79. The quantitative estimate of drug-likeness (QED) is 0.809. The average Bonchev–Trinajstić information content (AvgIpc) is 2.37. The SMILES string of the molecule is CC1CN(C)CCN1c1ncc(/C=C/C(=O)O)cn1. The van der Waals surface area contributed by atoms with E-state index in [1.165, 1.54) is 6.08 Å². The van der Waals surface area contributed by atoms with Crippen LogP contribution in [0.1, 0.15) is 12.5 Å². The zero-order valence-corrected chi connectivity index (χ0v) is 11.2. The second-order valence-corrected chi connectivity index (χ2v) is 4.79. The molecule has 6 heteroatoms. The first-order valence-corrected chi connectivity index (χ1v) is 6.24. The molecule has 1 aromatic heterocycles. The molecule has 1 aliphatic heterocycles. The van der Waals surface area contributed by atoms with E-state index in [-0.39, 0.29) is 0 Å². The van der Waals surface area contributed by atoms with E-state index in [0.717, 1.165) is 25.7 Å². The van der Waals surface area contributed by atoms with Gasteiger partial charge >= 0.3 is 5.97 Å². The third-order valence-electron chi connectivity index (χ3n) is 3.16. The van der Waals surface area contributed by atoms with Crippen LogP contribution in [0.4, 0.5) is 5.95 Å². The Morgan fingerprint density at radius 2 is 2.11 bits per heavy atom. The van der Waals surface area contributed by atoms with Crippen LogP contribution in [0.15, 0.2) is 18.5 Å². The Morgan fingerprint density at radius 1 is 1.42 bits per heavy atom. The number of carbonyl (C=O) groups is 1. The summed E-state index contributed by atoms with van der Waals surface area (Å²) in [6.07, 6.45) is 5.86. The molecule has 1 saturated heterocycles. The van der Waals surface area contributed by atoms with E-state index >= 15 is 0 Å². The number of hydrogen-bond donors (Lipinski definition) is 1. The Morgan fingerprint density at radius 3 is 2.68 bits per heavy atom. The van der Waals surface area contributed by atoms with E-state index in [1.54, 1.807) is 12.4 Å². The summed E-state index contributed by atoms with van der Waals surface area (Å²) >= 11 is 0. The molecule has 102 valence electrons. The van der Waals surface area contributed by atoms with E-state index in [4.69, 9.17) is 5.11 Å². The molecule has 1 aromatic rings. The molecule has 2 heterocycles. The largest absolute Gasteiger partial charge is 0.478 e. The van der Waals surface area contributed by atoms with Gasteiger partial charge in [-0.1, -0.05) is 0 Å². The van der Waals surface area contributed by atoms with Gasteiger partial charge in [0, 0.05) is 49.7 Å². The lowest BCUT2D eigenvalue weighted by atomic mass is 10.2. The van der Waals surface area contributed by atoms with Crippen LogP contribution in [0.2, 0.25) is 0 Å². The molecule has 2 rings (SSSR count). The lowest BCUT2D eigenvalue weighted by Crippen LogP contribution is -2.51. The summed E-state index contributed by atoms with van der Waals surface area (Å²) in [7, 11) is 2.11. The molecule has 1 N–H and O–H groups in total. The Bertz CT molecular complexity index is 472. The van der Waals surface area contributed by atoms with E-state index in [1.807, 2.05) is 0 Å². The number of likely N-dealkylation sites (N-methyl/N-ethyl adjacent to an activating group) is 1. The molecule has 0 amide bonds. The Hall–Kier alpha value is -1.95. The van der Waals surface area contributed by atoms with Gasteiger partial charge in [-0.15, -0.1) is 0 Å². The van der Waals surface area contributed by atoms with Crippen molar-refractivity contribution in [2.45, 2.75) is 13.0 Å². The number of piperazine rings is 1. The fourth-order valence-corrected chi connectivity index (χ4v) is 2.17. The molecule has 6 nitrogen and oxygen atoms in total. The first-order valence-electron chi connectivity index (χ1n) is 6.24. The second-order valence-electron chi connectivity index (χ2n) is 4.79. The Kier molecular flexibility index (Phi) is 4.11. The van der Waals surface area contributed by atoms with Crippen LogP contribution in [-0.4, -0.2) is 58.7 Å². The third-order valence-corrected chi connectivity index (χ3v) is 3.16. The standard InChI is InChI=1S/C13H18N4O2/c1-10-9-16(2)5-6-17(10)13-14-7-11(8-15-13)3-4-12(18)19/h3-4,7-8,10H,5-6,9H2,1-2H3,(H,18,19)/b4-3+. The predicted molar refractivity (Wildman–Crippen MR) is 73.0 cm³/mol. The van der Waals surface area contributed by atoms with Gasteiger partial charge in [0.1, 0.15) is 0 Å². The molecule has 1 atom stereocenters. The summed E-state index contributed by atoms with van der Waals surface area (Å²) in [5.41, 5.74) is 0.688. The highest BCUT2D eigenvalue weighted by Crippen LogP contribution is 2.15. The highest BCUT2D eigenvalue weighted by Gasteiger charge is 2.23. The lowest BCUT2D eigenvalue weighted by molar-refractivity contribution is -0.131. The van der Waals surface area contributed by atoms with Gasteiger partial charge in [0.25, 0.3) is 0 Å². The van der Waals surface area contributed by atoms with Gasteiger partial charge in [0.15, 0.2) is 0 Å². The topological polar surface area (TPSA) is 69.6 Å². The minimum Gasteiger partial charge on any atom is -0.478 e. The Labute approximate surface area is 112 Å². The van der Waals surface area contributed by atoms with Crippen molar-refractivity contribution in [1.82, 2.24) is 14.9 Å². The van der Waals surface area contributed by atoms with E-state index in [2.05, 4.69) is 33.7 Å². The number of rotatable bonds is 3. The molecule has 0 aliphatic carbocycles. The molecule has 0 bridgehead atoms. The zero-order valence-electron chi connectivity index (χ0n) is 11.2. The first kappa shape index (κ1) is 13.5. The number of carboxylic acids is 1. The molecule has 0 radical (unpaired) electrons. The van der Waals surface area contributed by atoms with Gasteiger partial charge in [-0.05, 0) is 20.0 Å². The van der Waals surface area contributed by atoms with Crippen molar-refractivity contribution < 1.29 is 9.90 Å². The van der Waals surface area contributed by atoms with Crippen LogP contribution < -0.4 is 4.90 Å². The molecule has 0 saturated carbocycles. The number of aromatic nitrogens is 2. The summed E-state index contributed by atoms with van der Waals surface area (Å²) in [5.74, 6) is -0.273. The van der Waals surface area contributed by atoms with Crippen molar-refractivity contribution in [3.63, 3.8) is 0 Å². The van der Waals surface area contributed by atoms with Crippen LogP contribution in [0, 0.1) is 0 Å². The van der Waals surface area contributed by atoms with E-state index in [9.17, 15) is 4.79 Å². The van der Waals surface area contributed by atoms with Crippen LogP contribution in [0.5, 0.6) is 0 Å². The van der Waals surface area contributed by atoms with Crippen molar-refractivity contribution in [2.75, 3.05) is 31.6 Å². The van der Waals surface area contributed by atoms with Gasteiger partial charge < -0.3 is 14.9 Å². The van der Waals surface area contributed by atoms with Crippen molar-refractivity contribution in [1.29, 1.82) is 0 Å². The van der Waals surface area contributed by atoms with Crippen molar-refractivity contribution >= 4 is 18.0 Å². The normalized spacial score (nSPS) is 20.9. The number of nitrogens with zero attached hydrogens (tertiary/aromatic N) is 4. The maximum absolute atomic E-state index is 10.4. The van der Waals surface area contributed by atoms with Crippen molar-refractivity contribution in [3.05, 3.63) is 24.0 Å². The molecule has 1 aliphatic rings.